The summed E-state index contributed by atoms with van der Waals surface area (Å²) in [4.78, 5) is 5.18. The van der Waals surface area contributed by atoms with Crippen LogP contribution in [0.2, 0.25) is 0 Å². The molecule has 0 unspecified atom stereocenters. The number of nitriles is 1. The second-order valence-electron chi connectivity index (χ2n) is 6.28. The molecule has 1 fully saturated rings. The largest absolute Gasteiger partial charge is 0.474 e. The van der Waals surface area contributed by atoms with Gasteiger partial charge in [-0.3, -0.25) is 0 Å². The normalized spacial score (nSPS) is 20.5. The van der Waals surface area contributed by atoms with Crippen molar-refractivity contribution in [1.29, 1.82) is 5.26 Å². The fourth-order valence-corrected chi connectivity index (χ4v) is 5.57. The molecule has 0 bridgehead atoms. The summed E-state index contributed by atoms with van der Waals surface area (Å²) in [7, 11) is -3.45. The topological polar surface area (TPSA) is 92.1 Å². The molecule has 0 aliphatic heterocycles. The average molecular weight is 392 g/mol. The van der Waals surface area contributed by atoms with Crippen LogP contribution in [0.5, 0.6) is 5.88 Å². The highest BCUT2D eigenvalue weighted by atomic mass is 32.2. The molecule has 0 atom stereocenters. The monoisotopic (exact) mass is 391 g/mol. The van der Waals surface area contributed by atoms with Crippen molar-refractivity contribution in [2.24, 2.45) is 0 Å². The summed E-state index contributed by atoms with van der Waals surface area (Å²) in [6.45, 7) is 2.01. The molecule has 8 heteroatoms. The zero-order valence-electron chi connectivity index (χ0n) is 14.5. The molecule has 0 spiro atoms. The van der Waals surface area contributed by atoms with E-state index in [0.29, 0.717) is 15.7 Å². The SMILES string of the molecule is CCc1ccc(S(=O)(=O)NC2CCC(Oc3ccc(C#N)cn3)CC2)s1. The minimum atomic E-state index is -3.45. The predicted octanol–water partition coefficient (Wildman–Crippen LogP) is 3.25. The van der Waals surface area contributed by atoms with Crippen LogP contribution in [-0.4, -0.2) is 25.5 Å². The number of sulfonamides is 1. The van der Waals surface area contributed by atoms with Gasteiger partial charge >= 0.3 is 0 Å². The van der Waals surface area contributed by atoms with E-state index in [2.05, 4.69) is 9.71 Å². The highest BCUT2D eigenvalue weighted by Gasteiger charge is 2.27. The van der Waals surface area contributed by atoms with Crippen LogP contribution in [0.15, 0.2) is 34.7 Å². The lowest BCUT2D eigenvalue weighted by Crippen LogP contribution is -2.39. The molecule has 2 aromatic rings. The number of aromatic nitrogens is 1. The Morgan fingerprint density at radius 3 is 2.62 bits per heavy atom. The second-order valence-corrected chi connectivity index (χ2v) is 9.39. The first-order valence-corrected chi connectivity index (χ1v) is 10.9. The zero-order valence-corrected chi connectivity index (χ0v) is 16.1. The molecule has 1 saturated carbocycles. The molecule has 138 valence electrons. The summed E-state index contributed by atoms with van der Waals surface area (Å²) in [5, 5.41) is 8.78. The molecule has 1 aliphatic carbocycles. The lowest BCUT2D eigenvalue weighted by Gasteiger charge is -2.28. The van der Waals surface area contributed by atoms with E-state index >= 15 is 0 Å². The first-order chi connectivity index (χ1) is 12.5. The number of thiophene rings is 1. The lowest BCUT2D eigenvalue weighted by molar-refractivity contribution is 0.138. The Morgan fingerprint density at radius 2 is 2.04 bits per heavy atom. The van der Waals surface area contributed by atoms with Gasteiger partial charge in [0.1, 0.15) is 16.4 Å². The third-order valence-corrected chi connectivity index (χ3v) is 7.64. The minimum absolute atomic E-state index is 0.0182. The Balaban J connectivity index is 1.52. The number of nitrogens with one attached hydrogen (secondary N) is 1. The van der Waals surface area contributed by atoms with E-state index < -0.39 is 10.0 Å². The van der Waals surface area contributed by atoms with E-state index in [4.69, 9.17) is 10.00 Å². The summed E-state index contributed by atoms with van der Waals surface area (Å²) in [5.41, 5.74) is 0.496. The van der Waals surface area contributed by atoms with Crippen molar-refractivity contribution in [3.8, 4) is 11.9 Å². The molecule has 2 aromatic heterocycles. The summed E-state index contributed by atoms with van der Waals surface area (Å²) >= 11 is 1.33. The smallest absolute Gasteiger partial charge is 0.250 e. The van der Waals surface area contributed by atoms with Crippen molar-refractivity contribution in [2.75, 3.05) is 0 Å². The highest BCUT2D eigenvalue weighted by molar-refractivity contribution is 7.91. The van der Waals surface area contributed by atoms with Gasteiger partial charge in [0.25, 0.3) is 0 Å². The lowest BCUT2D eigenvalue weighted by atomic mass is 9.94. The number of rotatable bonds is 6. The van der Waals surface area contributed by atoms with Crippen molar-refractivity contribution in [2.45, 2.75) is 55.4 Å². The van der Waals surface area contributed by atoms with Crippen molar-refractivity contribution in [1.82, 2.24) is 9.71 Å². The summed E-state index contributed by atoms with van der Waals surface area (Å²) in [5.74, 6) is 0.499. The van der Waals surface area contributed by atoms with Crippen LogP contribution in [0.25, 0.3) is 0 Å². The predicted molar refractivity (Wildman–Crippen MR) is 99.6 cm³/mol. The van der Waals surface area contributed by atoms with Gasteiger partial charge in [0.2, 0.25) is 15.9 Å². The van der Waals surface area contributed by atoms with E-state index in [0.717, 1.165) is 37.0 Å². The van der Waals surface area contributed by atoms with Crippen molar-refractivity contribution >= 4 is 21.4 Å². The van der Waals surface area contributed by atoms with Crippen LogP contribution in [0.4, 0.5) is 0 Å². The first kappa shape index (κ1) is 18.8. The molecule has 1 aliphatic rings. The van der Waals surface area contributed by atoms with Gasteiger partial charge in [-0.25, -0.2) is 18.1 Å². The van der Waals surface area contributed by atoms with Crippen LogP contribution in [0.3, 0.4) is 0 Å². The van der Waals surface area contributed by atoms with Crippen molar-refractivity contribution in [3.63, 3.8) is 0 Å². The van der Waals surface area contributed by atoms with Crippen LogP contribution in [0, 0.1) is 11.3 Å². The van der Waals surface area contributed by atoms with Gasteiger partial charge < -0.3 is 4.74 Å². The van der Waals surface area contributed by atoms with Gasteiger partial charge in [0, 0.05) is 23.2 Å². The van der Waals surface area contributed by atoms with E-state index in [9.17, 15) is 8.42 Å². The fraction of sp³-hybridized carbons (Fsp3) is 0.444. The fourth-order valence-electron chi connectivity index (χ4n) is 2.96. The Bertz CT molecular complexity index is 877. The maximum absolute atomic E-state index is 12.5. The number of hydrogen-bond donors (Lipinski definition) is 1. The van der Waals surface area contributed by atoms with E-state index in [1.807, 2.05) is 19.1 Å². The van der Waals surface area contributed by atoms with Gasteiger partial charge in [0.05, 0.1) is 5.56 Å². The minimum Gasteiger partial charge on any atom is -0.474 e. The Hall–Kier alpha value is -1.95. The summed E-state index contributed by atoms with van der Waals surface area (Å²) in [6.07, 6.45) is 5.33. The molecule has 3 rings (SSSR count). The molecule has 2 heterocycles. The quantitative estimate of drug-likeness (QED) is 0.816. The average Bonchev–Trinajstić information content (AvgIpc) is 3.14. The Kier molecular flexibility index (Phi) is 5.91. The van der Waals surface area contributed by atoms with E-state index in [1.165, 1.54) is 17.5 Å². The van der Waals surface area contributed by atoms with Crippen molar-refractivity contribution < 1.29 is 13.2 Å². The summed E-state index contributed by atoms with van der Waals surface area (Å²) in [6, 6.07) is 8.86. The van der Waals surface area contributed by atoms with Crippen LogP contribution in [0.1, 0.15) is 43.0 Å². The standard InChI is InChI=1S/C18H21N3O3S2/c1-2-16-8-10-18(25-16)26(22,23)21-14-4-6-15(7-5-14)24-17-9-3-13(11-19)12-20-17/h3,8-10,12,14-15,21H,2,4-7H2,1H3. The third-order valence-electron chi connectivity index (χ3n) is 4.40. The number of aryl methyl sites for hydroxylation is 1. The van der Waals surface area contributed by atoms with E-state index in [1.54, 1.807) is 18.2 Å². The number of ether oxygens (including phenoxy) is 1. The zero-order chi connectivity index (χ0) is 18.6. The number of pyridine rings is 1. The van der Waals surface area contributed by atoms with Gasteiger partial charge in [-0.15, -0.1) is 11.3 Å². The van der Waals surface area contributed by atoms with Crippen molar-refractivity contribution in [3.05, 3.63) is 40.9 Å². The molecule has 0 amide bonds. The summed E-state index contributed by atoms with van der Waals surface area (Å²) < 4.78 is 34.0. The van der Waals surface area contributed by atoms with Gasteiger partial charge in [-0.05, 0) is 50.3 Å². The molecule has 0 saturated heterocycles. The molecule has 26 heavy (non-hydrogen) atoms. The van der Waals surface area contributed by atoms with Gasteiger partial charge in [-0.2, -0.15) is 5.26 Å². The maximum atomic E-state index is 12.5. The molecular formula is C18H21N3O3S2. The van der Waals surface area contributed by atoms with Gasteiger partial charge in [-0.1, -0.05) is 6.92 Å². The second kappa shape index (κ2) is 8.16. The van der Waals surface area contributed by atoms with Crippen LogP contribution >= 0.6 is 11.3 Å². The number of hydrogen-bond acceptors (Lipinski definition) is 6. The molecular weight excluding hydrogens is 370 g/mol. The molecule has 0 radical (unpaired) electrons. The Morgan fingerprint density at radius 1 is 1.27 bits per heavy atom. The number of nitrogens with zero attached hydrogens (tertiary/aromatic N) is 2. The third kappa shape index (κ3) is 4.61. The first-order valence-electron chi connectivity index (χ1n) is 8.64. The van der Waals surface area contributed by atoms with Crippen LogP contribution in [-0.2, 0) is 16.4 Å². The van der Waals surface area contributed by atoms with Crippen LogP contribution < -0.4 is 9.46 Å². The van der Waals surface area contributed by atoms with E-state index in [-0.39, 0.29) is 12.1 Å². The Labute approximate surface area is 157 Å². The molecule has 1 N–H and O–H groups in total. The maximum Gasteiger partial charge on any atom is 0.250 e. The molecule has 6 nitrogen and oxygen atoms in total. The van der Waals surface area contributed by atoms with Gasteiger partial charge in [0.15, 0.2) is 0 Å². The highest BCUT2D eigenvalue weighted by Crippen LogP contribution is 2.26. The molecule has 0 aromatic carbocycles.